The summed E-state index contributed by atoms with van der Waals surface area (Å²) in [6.45, 7) is 5.86. The van der Waals surface area contributed by atoms with Crippen LogP contribution in [0.3, 0.4) is 0 Å². The molecule has 1 aromatic heterocycles. The van der Waals surface area contributed by atoms with Crippen molar-refractivity contribution in [3.05, 3.63) is 68.5 Å². The van der Waals surface area contributed by atoms with Crippen molar-refractivity contribution in [3.8, 4) is 11.5 Å². The topological polar surface area (TPSA) is 53.1 Å². The van der Waals surface area contributed by atoms with Crippen LogP contribution in [0.15, 0.2) is 45.6 Å². The number of benzene rings is 2. The second-order valence-electron chi connectivity index (χ2n) is 6.92. The number of nitrogens with one attached hydrogen (secondary N) is 1. The normalized spacial score (nSPS) is 12.2. The van der Waals surface area contributed by atoms with E-state index in [1.807, 2.05) is 44.2 Å². The summed E-state index contributed by atoms with van der Waals surface area (Å²) in [5.41, 5.74) is 3.15. The van der Waals surface area contributed by atoms with Gasteiger partial charge < -0.3 is 18.8 Å². The SMILES string of the molecule is CCOc1ccc(C[NH+](C)Cc2cc(=O)oc3cc(C)c(Cl)cc23)cc1OC. The second-order valence-corrected chi connectivity index (χ2v) is 7.32. The van der Waals surface area contributed by atoms with Gasteiger partial charge in [-0.3, -0.25) is 0 Å². The molecule has 1 atom stereocenters. The lowest BCUT2D eigenvalue weighted by atomic mass is 10.1. The molecule has 3 aromatic rings. The van der Waals surface area contributed by atoms with Crippen LogP contribution in [0, 0.1) is 6.92 Å². The molecule has 1 N–H and O–H groups in total. The van der Waals surface area contributed by atoms with Crippen LogP contribution < -0.4 is 20.0 Å². The summed E-state index contributed by atoms with van der Waals surface area (Å²) in [4.78, 5) is 13.2. The smallest absolute Gasteiger partial charge is 0.336 e. The van der Waals surface area contributed by atoms with Crippen molar-refractivity contribution in [1.29, 1.82) is 0 Å². The number of fused-ring (bicyclic) bond motifs is 1. The van der Waals surface area contributed by atoms with Gasteiger partial charge in [0.25, 0.3) is 0 Å². The molecule has 0 fully saturated rings. The van der Waals surface area contributed by atoms with E-state index >= 15 is 0 Å². The van der Waals surface area contributed by atoms with Crippen molar-refractivity contribution in [1.82, 2.24) is 0 Å². The summed E-state index contributed by atoms with van der Waals surface area (Å²) in [5, 5.41) is 1.54. The third-order valence-corrected chi connectivity index (χ3v) is 5.04. The van der Waals surface area contributed by atoms with Gasteiger partial charge in [-0.05, 0) is 49.7 Å². The third-order valence-electron chi connectivity index (χ3n) is 4.64. The minimum atomic E-state index is -0.347. The number of hydrogen-bond donors (Lipinski definition) is 1. The third kappa shape index (κ3) is 4.49. The van der Waals surface area contributed by atoms with Crippen LogP contribution in [0.4, 0.5) is 0 Å². The van der Waals surface area contributed by atoms with Crippen LogP contribution in [0.1, 0.15) is 23.6 Å². The molecule has 5 nitrogen and oxygen atoms in total. The van der Waals surface area contributed by atoms with Crippen molar-refractivity contribution in [3.63, 3.8) is 0 Å². The summed E-state index contributed by atoms with van der Waals surface area (Å²) in [5.74, 6) is 1.46. The van der Waals surface area contributed by atoms with E-state index in [4.69, 9.17) is 25.5 Å². The van der Waals surface area contributed by atoms with E-state index in [9.17, 15) is 4.79 Å². The van der Waals surface area contributed by atoms with Crippen LogP contribution in [-0.2, 0) is 13.1 Å². The Bertz CT molecular complexity index is 1040. The Balaban J connectivity index is 1.84. The average Bonchev–Trinajstić information content (AvgIpc) is 2.64. The first-order chi connectivity index (χ1) is 13.4. The van der Waals surface area contributed by atoms with Crippen molar-refractivity contribution in [2.24, 2.45) is 0 Å². The van der Waals surface area contributed by atoms with Gasteiger partial charge in [0.2, 0.25) is 0 Å². The van der Waals surface area contributed by atoms with Gasteiger partial charge in [0, 0.05) is 27.6 Å². The molecule has 28 heavy (non-hydrogen) atoms. The fourth-order valence-corrected chi connectivity index (χ4v) is 3.49. The van der Waals surface area contributed by atoms with Crippen LogP contribution in [0.5, 0.6) is 11.5 Å². The molecule has 3 rings (SSSR count). The van der Waals surface area contributed by atoms with Gasteiger partial charge in [-0.15, -0.1) is 0 Å². The summed E-state index contributed by atoms with van der Waals surface area (Å²) in [6, 6.07) is 11.2. The number of quaternary nitrogens is 1. The number of rotatable bonds is 7. The second kappa shape index (κ2) is 8.67. The van der Waals surface area contributed by atoms with E-state index in [0.717, 1.165) is 40.1 Å². The van der Waals surface area contributed by atoms with Crippen molar-refractivity contribution in [2.75, 3.05) is 20.8 Å². The maximum Gasteiger partial charge on any atom is 0.336 e. The Morgan fingerprint density at radius 1 is 1.11 bits per heavy atom. The Labute approximate surface area is 169 Å². The molecule has 0 amide bonds. The molecule has 148 valence electrons. The number of hydrogen-bond acceptors (Lipinski definition) is 4. The van der Waals surface area contributed by atoms with Crippen molar-refractivity contribution >= 4 is 22.6 Å². The van der Waals surface area contributed by atoms with Gasteiger partial charge in [0.05, 0.1) is 20.8 Å². The minimum Gasteiger partial charge on any atom is -0.493 e. The first-order valence-electron chi connectivity index (χ1n) is 9.25. The van der Waals surface area contributed by atoms with Crippen LogP contribution in [-0.4, -0.2) is 20.8 Å². The number of aryl methyl sites for hydroxylation is 1. The Morgan fingerprint density at radius 3 is 2.61 bits per heavy atom. The zero-order chi connectivity index (χ0) is 20.3. The van der Waals surface area contributed by atoms with Gasteiger partial charge in [0.15, 0.2) is 11.5 Å². The maximum absolute atomic E-state index is 12.0. The molecular weight excluding hydrogens is 378 g/mol. The van der Waals surface area contributed by atoms with Gasteiger partial charge in [0.1, 0.15) is 18.7 Å². The molecular formula is C22H25ClNO4+. The maximum atomic E-state index is 12.0. The molecule has 0 spiro atoms. The molecule has 2 aromatic carbocycles. The van der Waals surface area contributed by atoms with E-state index in [1.54, 1.807) is 13.2 Å². The Kier molecular flexibility index (Phi) is 6.27. The fraction of sp³-hybridized carbons (Fsp3) is 0.318. The summed E-state index contributed by atoms with van der Waals surface area (Å²) in [7, 11) is 3.72. The lowest BCUT2D eigenvalue weighted by molar-refractivity contribution is -0.907. The highest BCUT2D eigenvalue weighted by Gasteiger charge is 2.14. The van der Waals surface area contributed by atoms with Gasteiger partial charge >= 0.3 is 5.63 Å². The molecule has 0 aliphatic rings. The van der Waals surface area contributed by atoms with Gasteiger partial charge in [-0.25, -0.2) is 4.79 Å². The van der Waals surface area contributed by atoms with Crippen LogP contribution in [0.25, 0.3) is 11.0 Å². The average molecular weight is 403 g/mol. The highest BCUT2D eigenvalue weighted by atomic mass is 35.5. The summed E-state index contributed by atoms with van der Waals surface area (Å²) < 4.78 is 16.4. The van der Waals surface area contributed by atoms with E-state index < -0.39 is 0 Å². The molecule has 0 saturated carbocycles. The van der Waals surface area contributed by atoms with Crippen molar-refractivity contribution in [2.45, 2.75) is 26.9 Å². The first-order valence-corrected chi connectivity index (χ1v) is 9.63. The zero-order valence-corrected chi connectivity index (χ0v) is 17.4. The lowest BCUT2D eigenvalue weighted by Gasteiger charge is -2.17. The molecule has 0 bridgehead atoms. The fourth-order valence-electron chi connectivity index (χ4n) is 3.33. The van der Waals surface area contributed by atoms with Crippen LogP contribution >= 0.6 is 11.6 Å². The monoisotopic (exact) mass is 402 g/mol. The van der Waals surface area contributed by atoms with Gasteiger partial charge in [-0.2, -0.15) is 0 Å². The van der Waals surface area contributed by atoms with E-state index in [0.29, 0.717) is 23.8 Å². The minimum absolute atomic E-state index is 0.347. The summed E-state index contributed by atoms with van der Waals surface area (Å²) in [6.07, 6.45) is 0. The Morgan fingerprint density at radius 2 is 1.89 bits per heavy atom. The van der Waals surface area contributed by atoms with E-state index in [-0.39, 0.29) is 5.63 Å². The zero-order valence-electron chi connectivity index (χ0n) is 16.6. The lowest BCUT2D eigenvalue weighted by Crippen LogP contribution is -3.06. The highest BCUT2D eigenvalue weighted by Crippen LogP contribution is 2.28. The predicted octanol–water partition coefficient (Wildman–Crippen LogP) is 3.38. The molecule has 1 heterocycles. The summed E-state index contributed by atoms with van der Waals surface area (Å²) >= 11 is 6.29. The van der Waals surface area contributed by atoms with E-state index in [2.05, 4.69) is 7.05 Å². The number of ether oxygens (including phenoxy) is 2. The first kappa shape index (κ1) is 20.2. The molecule has 0 saturated heterocycles. The van der Waals surface area contributed by atoms with E-state index in [1.165, 1.54) is 4.90 Å². The number of methoxy groups -OCH3 is 1. The molecule has 0 aliphatic carbocycles. The quantitative estimate of drug-likeness (QED) is 0.615. The Hall–Kier alpha value is -2.50. The number of halogens is 1. The molecule has 0 aliphatic heterocycles. The molecule has 0 radical (unpaired) electrons. The largest absolute Gasteiger partial charge is 0.493 e. The highest BCUT2D eigenvalue weighted by molar-refractivity contribution is 6.32. The molecule has 1 unspecified atom stereocenters. The predicted molar refractivity (Wildman–Crippen MR) is 111 cm³/mol. The van der Waals surface area contributed by atoms with Gasteiger partial charge in [-0.1, -0.05) is 11.6 Å². The van der Waals surface area contributed by atoms with Crippen molar-refractivity contribution < 1.29 is 18.8 Å². The standard InChI is InChI=1S/C22H24ClNO4/c1-5-27-19-7-6-15(9-21(19)26-4)12-24(3)13-16-10-22(25)28-20-8-14(2)18(23)11-17(16)20/h6-11H,5,12-13H2,1-4H3/p+1. The van der Waals surface area contributed by atoms with Crippen LogP contribution in [0.2, 0.25) is 5.02 Å². The molecule has 6 heteroatoms.